The van der Waals surface area contributed by atoms with Gasteiger partial charge in [-0.1, -0.05) is 17.7 Å². The molecule has 1 aromatic heterocycles. The van der Waals surface area contributed by atoms with Crippen LogP contribution in [0.15, 0.2) is 48.8 Å². The first-order chi connectivity index (χ1) is 12.6. The van der Waals surface area contributed by atoms with E-state index in [1.165, 1.54) is 6.33 Å². The number of anilines is 4. The molecule has 0 spiro atoms. The van der Waals surface area contributed by atoms with Gasteiger partial charge >= 0.3 is 0 Å². The van der Waals surface area contributed by atoms with Crippen LogP contribution in [-0.4, -0.2) is 36.2 Å². The summed E-state index contributed by atoms with van der Waals surface area (Å²) >= 11 is 6.05. The van der Waals surface area contributed by atoms with Gasteiger partial charge in [0.05, 0.1) is 14.2 Å². The van der Waals surface area contributed by atoms with Crippen molar-refractivity contribution >= 4 is 34.9 Å². The molecule has 1 N–H and O–H groups in total. The molecule has 0 fully saturated rings. The Hall–Kier alpha value is -3.06. The Morgan fingerprint density at radius 3 is 2.54 bits per heavy atom. The molecule has 0 bridgehead atoms. The number of nitrogens with one attached hydrogen (secondary N) is 1. The Balaban J connectivity index is 1.83. The minimum absolute atomic E-state index is 0.413. The summed E-state index contributed by atoms with van der Waals surface area (Å²) in [6.07, 6.45) is 1.45. The fourth-order valence-corrected chi connectivity index (χ4v) is 2.54. The minimum atomic E-state index is 0.413. The van der Waals surface area contributed by atoms with Gasteiger partial charge in [-0.15, -0.1) is 0 Å². The largest absolute Gasteiger partial charge is 0.493 e. The van der Waals surface area contributed by atoms with Gasteiger partial charge in [-0.25, -0.2) is 9.97 Å². The molecule has 3 aromatic rings. The van der Waals surface area contributed by atoms with E-state index in [0.29, 0.717) is 28.4 Å². The average Bonchev–Trinajstić information content (AvgIpc) is 2.67. The highest BCUT2D eigenvalue weighted by Crippen LogP contribution is 2.31. The Morgan fingerprint density at radius 2 is 1.81 bits per heavy atom. The van der Waals surface area contributed by atoms with Gasteiger partial charge in [-0.2, -0.15) is 4.98 Å². The maximum Gasteiger partial charge on any atom is 0.234 e. The zero-order valence-electron chi connectivity index (χ0n) is 14.6. The number of benzene rings is 2. The van der Waals surface area contributed by atoms with Crippen LogP contribution in [0.5, 0.6) is 11.5 Å². The van der Waals surface area contributed by atoms with E-state index in [0.717, 1.165) is 11.4 Å². The van der Waals surface area contributed by atoms with Crippen LogP contribution in [0.25, 0.3) is 0 Å². The topological polar surface area (TPSA) is 72.4 Å². The molecule has 7 nitrogen and oxygen atoms in total. The van der Waals surface area contributed by atoms with Gasteiger partial charge < -0.3 is 19.7 Å². The van der Waals surface area contributed by atoms with Gasteiger partial charge in [0.1, 0.15) is 6.33 Å². The summed E-state index contributed by atoms with van der Waals surface area (Å²) < 4.78 is 10.5. The minimum Gasteiger partial charge on any atom is -0.493 e. The Kier molecular flexibility index (Phi) is 5.38. The molecule has 0 atom stereocenters. The van der Waals surface area contributed by atoms with E-state index in [4.69, 9.17) is 21.1 Å². The van der Waals surface area contributed by atoms with Gasteiger partial charge in [0.15, 0.2) is 11.5 Å². The SMILES string of the molecule is COc1ccc(Nc2ncnc(N(C)c3cccc(Cl)c3)n2)cc1OC. The van der Waals surface area contributed by atoms with E-state index in [9.17, 15) is 0 Å². The smallest absolute Gasteiger partial charge is 0.234 e. The first kappa shape index (κ1) is 17.8. The second-order valence-corrected chi connectivity index (χ2v) is 5.78. The van der Waals surface area contributed by atoms with Crippen LogP contribution in [0.4, 0.5) is 23.3 Å². The number of methoxy groups -OCH3 is 2. The monoisotopic (exact) mass is 371 g/mol. The van der Waals surface area contributed by atoms with Gasteiger partial charge in [-0.3, -0.25) is 0 Å². The highest BCUT2D eigenvalue weighted by Gasteiger charge is 2.10. The van der Waals surface area contributed by atoms with Crippen LogP contribution in [0, 0.1) is 0 Å². The van der Waals surface area contributed by atoms with Crippen molar-refractivity contribution in [2.75, 3.05) is 31.5 Å². The van der Waals surface area contributed by atoms with Gasteiger partial charge in [0, 0.05) is 29.5 Å². The van der Waals surface area contributed by atoms with E-state index >= 15 is 0 Å². The summed E-state index contributed by atoms with van der Waals surface area (Å²) in [6.45, 7) is 0. The van der Waals surface area contributed by atoms with Crippen molar-refractivity contribution in [1.29, 1.82) is 0 Å². The standard InChI is InChI=1S/C18H18ClN5O2/c1-24(14-6-4-5-12(19)9-14)18-21-11-20-17(23-18)22-13-7-8-15(25-2)16(10-13)26-3/h4-11H,1-3H3,(H,20,21,22,23). The molecule has 26 heavy (non-hydrogen) atoms. The first-order valence-electron chi connectivity index (χ1n) is 7.78. The first-order valence-corrected chi connectivity index (χ1v) is 8.16. The van der Waals surface area contributed by atoms with Crippen molar-refractivity contribution in [1.82, 2.24) is 15.0 Å². The molecular weight excluding hydrogens is 354 g/mol. The second kappa shape index (κ2) is 7.88. The molecule has 0 saturated carbocycles. The van der Waals surface area contributed by atoms with Crippen LogP contribution < -0.4 is 19.7 Å². The van der Waals surface area contributed by atoms with Crippen LogP contribution in [0.2, 0.25) is 5.02 Å². The number of halogens is 1. The number of nitrogens with zero attached hydrogens (tertiary/aromatic N) is 4. The summed E-state index contributed by atoms with van der Waals surface area (Å²) in [4.78, 5) is 14.7. The van der Waals surface area contributed by atoms with Crippen molar-refractivity contribution in [2.45, 2.75) is 0 Å². The predicted molar refractivity (Wildman–Crippen MR) is 102 cm³/mol. The lowest BCUT2D eigenvalue weighted by Gasteiger charge is -2.17. The second-order valence-electron chi connectivity index (χ2n) is 5.34. The summed E-state index contributed by atoms with van der Waals surface area (Å²) in [6, 6.07) is 12.9. The fourth-order valence-electron chi connectivity index (χ4n) is 2.35. The number of hydrogen-bond donors (Lipinski definition) is 1. The summed E-state index contributed by atoms with van der Waals surface area (Å²) in [7, 11) is 5.04. The Bertz CT molecular complexity index is 906. The normalized spacial score (nSPS) is 10.3. The quantitative estimate of drug-likeness (QED) is 0.700. The van der Waals surface area contributed by atoms with Gasteiger partial charge in [0.25, 0.3) is 0 Å². The maximum atomic E-state index is 6.05. The molecule has 1 heterocycles. The van der Waals surface area contributed by atoms with E-state index < -0.39 is 0 Å². The van der Waals surface area contributed by atoms with Crippen molar-refractivity contribution in [3.63, 3.8) is 0 Å². The summed E-state index contributed by atoms with van der Waals surface area (Å²) in [5.74, 6) is 2.17. The lowest BCUT2D eigenvalue weighted by molar-refractivity contribution is 0.355. The van der Waals surface area contributed by atoms with E-state index in [1.54, 1.807) is 20.3 Å². The van der Waals surface area contributed by atoms with Crippen LogP contribution in [0.1, 0.15) is 0 Å². The van der Waals surface area contributed by atoms with Crippen molar-refractivity contribution in [3.05, 3.63) is 53.8 Å². The zero-order chi connectivity index (χ0) is 18.5. The molecule has 0 radical (unpaired) electrons. The van der Waals surface area contributed by atoms with Crippen LogP contribution in [-0.2, 0) is 0 Å². The lowest BCUT2D eigenvalue weighted by Crippen LogP contribution is -2.14. The molecule has 2 aromatic carbocycles. The summed E-state index contributed by atoms with van der Waals surface area (Å²) in [5, 5.41) is 3.78. The average molecular weight is 372 g/mol. The zero-order valence-corrected chi connectivity index (χ0v) is 15.4. The number of hydrogen-bond acceptors (Lipinski definition) is 7. The predicted octanol–water partition coefficient (Wildman–Crippen LogP) is 4.05. The molecule has 0 aliphatic rings. The van der Waals surface area contributed by atoms with Crippen LogP contribution >= 0.6 is 11.6 Å². The third-order valence-corrected chi connectivity index (χ3v) is 3.93. The van der Waals surface area contributed by atoms with Crippen LogP contribution in [0.3, 0.4) is 0 Å². The third-order valence-electron chi connectivity index (χ3n) is 3.69. The lowest BCUT2D eigenvalue weighted by atomic mass is 10.3. The van der Waals surface area contributed by atoms with Gasteiger partial charge in [-0.05, 0) is 30.3 Å². The highest BCUT2D eigenvalue weighted by atomic mass is 35.5. The van der Waals surface area contributed by atoms with E-state index in [1.807, 2.05) is 48.3 Å². The molecular formula is C18H18ClN5O2. The molecule has 0 aliphatic heterocycles. The molecule has 8 heteroatoms. The highest BCUT2D eigenvalue weighted by molar-refractivity contribution is 6.30. The van der Waals surface area contributed by atoms with E-state index in [2.05, 4.69) is 20.3 Å². The van der Waals surface area contributed by atoms with Gasteiger partial charge in [0.2, 0.25) is 11.9 Å². The Morgan fingerprint density at radius 1 is 1.00 bits per heavy atom. The van der Waals surface area contributed by atoms with Crippen molar-refractivity contribution < 1.29 is 9.47 Å². The maximum absolute atomic E-state index is 6.05. The van der Waals surface area contributed by atoms with Crippen molar-refractivity contribution in [3.8, 4) is 11.5 Å². The molecule has 0 saturated heterocycles. The molecule has 0 aliphatic carbocycles. The summed E-state index contributed by atoms with van der Waals surface area (Å²) in [5.41, 5.74) is 1.64. The van der Waals surface area contributed by atoms with Crippen molar-refractivity contribution in [2.24, 2.45) is 0 Å². The molecule has 134 valence electrons. The Labute approximate surface area is 156 Å². The number of ether oxygens (including phenoxy) is 2. The fraction of sp³-hybridized carbons (Fsp3) is 0.167. The molecule has 0 unspecified atom stereocenters. The van der Waals surface area contributed by atoms with E-state index in [-0.39, 0.29) is 0 Å². The third kappa shape index (κ3) is 3.94. The molecule has 0 amide bonds. The number of aromatic nitrogens is 3. The number of rotatable bonds is 6. The molecule has 3 rings (SSSR count).